The van der Waals surface area contributed by atoms with Gasteiger partial charge in [0, 0.05) is 13.0 Å². The van der Waals surface area contributed by atoms with Crippen LogP contribution < -0.4 is 5.32 Å². The van der Waals surface area contributed by atoms with E-state index in [2.05, 4.69) is 5.32 Å². The minimum atomic E-state index is -1.11. The Bertz CT molecular complexity index is 429. The predicted molar refractivity (Wildman–Crippen MR) is 78.7 cm³/mol. The molecule has 6 heteroatoms. The molecular formula is C15H26N2O4. The van der Waals surface area contributed by atoms with E-state index >= 15 is 0 Å². The number of hydrogen-bond donors (Lipinski definition) is 2. The zero-order valence-corrected chi connectivity index (χ0v) is 13.4. The number of carbonyl (C=O) groups excluding carboxylic acids is 2. The Morgan fingerprint density at radius 3 is 2.38 bits per heavy atom. The number of nitrogens with one attached hydrogen (secondary N) is 1. The van der Waals surface area contributed by atoms with Crippen LogP contribution in [0.3, 0.4) is 0 Å². The Labute approximate surface area is 125 Å². The van der Waals surface area contributed by atoms with E-state index in [9.17, 15) is 19.5 Å². The number of nitrogens with zero attached hydrogens (tertiary/aromatic N) is 1. The lowest BCUT2D eigenvalue weighted by molar-refractivity contribution is -0.152. The second kappa shape index (κ2) is 6.45. The van der Waals surface area contributed by atoms with Crippen LogP contribution in [-0.2, 0) is 14.4 Å². The Hall–Kier alpha value is -1.59. The van der Waals surface area contributed by atoms with Gasteiger partial charge in [0.2, 0.25) is 11.8 Å². The number of rotatable bonds is 5. The average Bonchev–Trinajstić information content (AvgIpc) is 2.53. The van der Waals surface area contributed by atoms with Gasteiger partial charge in [-0.15, -0.1) is 0 Å². The fourth-order valence-electron chi connectivity index (χ4n) is 2.19. The monoisotopic (exact) mass is 298 g/mol. The number of amides is 2. The molecule has 0 unspecified atom stereocenters. The van der Waals surface area contributed by atoms with Crippen molar-refractivity contribution in [2.75, 3.05) is 13.1 Å². The molecule has 0 aromatic heterocycles. The van der Waals surface area contributed by atoms with Crippen molar-refractivity contribution in [1.29, 1.82) is 0 Å². The summed E-state index contributed by atoms with van der Waals surface area (Å²) in [6.45, 7) is 7.11. The summed E-state index contributed by atoms with van der Waals surface area (Å²) in [4.78, 5) is 36.9. The SMILES string of the molecule is CC(C)(NC(=O)CN1CCCCCC1=O)C(C)(C)C(=O)O. The van der Waals surface area contributed by atoms with Crippen LogP contribution in [0.5, 0.6) is 0 Å². The second-order valence-electron chi connectivity index (χ2n) is 6.73. The Morgan fingerprint density at radius 2 is 1.81 bits per heavy atom. The Kier molecular flexibility index (Phi) is 5.36. The van der Waals surface area contributed by atoms with Gasteiger partial charge in [-0.25, -0.2) is 0 Å². The van der Waals surface area contributed by atoms with E-state index < -0.39 is 16.9 Å². The maximum Gasteiger partial charge on any atom is 0.311 e. The molecule has 6 nitrogen and oxygen atoms in total. The number of carboxylic acids is 1. The molecule has 120 valence electrons. The average molecular weight is 298 g/mol. The summed E-state index contributed by atoms with van der Waals surface area (Å²) in [5, 5.41) is 12.0. The van der Waals surface area contributed by atoms with Crippen molar-refractivity contribution in [3.63, 3.8) is 0 Å². The third-order valence-electron chi connectivity index (χ3n) is 4.55. The molecule has 1 aliphatic rings. The van der Waals surface area contributed by atoms with Gasteiger partial charge < -0.3 is 15.3 Å². The summed E-state index contributed by atoms with van der Waals surface area (Å²) in [5.41, 5.74) is -2.02. The maximum absolute atomic E-state index is 12.2. The van der Waals surface area contributed by atoms with Gasteiger partial charge in [0.1, 0.15) is 0 Å². The van der Waals surface area contributed by atoms with Crippen LogP contribution in [0.1, 0.15) is 53.4 Å². The molecule has 1 aliphatic heterocycles. The van der Waals surface area contributed by atoms with Gasteiger partial charge in [-0.3, -0.25) is 14.4 Å². The van der Waals surface area contributed by atoms with Crippen LogP contribution in [-0.4, -0.2) is 46.4 Å². The van der Waals surface area contributed by atoms with Crippen LogP contribution >= 0.6 is 0 Å². The van der Waals surface area contributed by atoms with Crippen molar-refractivity contribution < 1.29 is 19.5 Å². The largest absolute Gasteiger partial charge is 0.481 e. The normalized spacial score (nSPS) is 17.3. The summed E-state index contributed by atoms with van der Waals surface area (Å²) < 4.78 is 0. The van der Waals surface area contributed by atoms with Crippen molar-refractivity contribution >= 4 is 17.8 Å². The van der Waals surface area contributed by atoms with Crippen LogP contribution in [0.2, 0.25) is 0 Å². The standard InChI is InChI=1S/C15H26N2O4/c1-14(2,13(20)21)15(3,4)16-11(18)10-17-9-7-5-6-8-12(17)19/h5-10H2,1-4H3,(H,16,18)(H,20,21). The lowest BCUT2D eigenvalue weighted by Gasteiger charge is -2.39. The quantitative estimate of drug-likeness (QED) is 0.803. The van der Waals surface area contributed by atoms with Crippen molar-refractivity contribution in [3.8, 4) is 0 Å². The van der Waals surface area contributed by atoms with E-state index in [0.717, 1.165) is 19.3 Å². The predicted octanol–water partition coefficient (Wildman–Crippen LogP) is 1.39. The lowest BCUT2D eigenvalue weighted by Crippen LogP contribution is -2.58. The maximum atomic E-state index is 12.2. The lowest BCUT2D eigenvalue weighted by atomic mass is 9.74. The highest BCUT2D eigenvalue weighted by molar-refractivity contribution is 5.86. The number of likely N-dealkylation sites (tertiary alicyclic amines) is 1. The molecule has 1 fully saturated rings. The first-order valence-corrected chi connectivity index (χ1v) is 7.40. The highest BCUT2D eigenvalue weighted by Gasteiger charge is 2.44. The van der Waals surface area contributed by atoms with Gasteiger partial charge in [-0.05, 0) is 40.5 Å². The van der Waals surface area contributed by atoms with Crippen molar-refractivity contribution in [3.05, 3.63) is 0 Å². The van der Waals surface area contributed by atoms with Gasteiger partial charge >= 0.3 is 5.97 Å². The summed E-state index contributed by atoms with van der Waals surface area (Å²) in [5.74, 6) is -1.29. The zero-order chi connectivity index (χ0) is 16.3. The Morgan fingerprint density at radius 1 is 1.19 bits per heavy atom. The highest BCUT2D eigenvalue weighted by atomic mass is 16.4. The van der Waals surface area contributed by atoms with E-state index in [1.54, 1.807) is 32.6 Å². The number of carbonyl (C=O) groups is 3. The van der Waals surface area contributed by atoms with Gasteiger partial charge in [-0.2, -0.15) is 0 Å². The fraction of sp³-hybridized carbons (Fsp3) is 0.800. The molecule has 0 bridgehead atoms. The molecular weight excluding hydrogens is 272 g/mol. The van der Waals surface area contributed by atoms with Gasteiger partial charge in [0.15, 0.2) is 0 Å². The molecule has 1 rings (SSSR count). The van der Waals surface area contributed by atoms with E-state index in [0.29, 0.717) is 13.0 Å². The smallest absolute Gasteiger partial charge is 0.311 e. The minimum absolute atomic E-state index is 0.00190. The summed E-state index contributed by atoms with van der Waals surface area (Å²) in [6, 6.07) is 0. The van der Waals surface area contributed by atoms with Gasteiger partial charge in [0.05, 0.1) is 17.5 Å². The molecule has 2 amide bonds. The molecule has 0 aromatic carbocycles. The first-order chi connectivity index (χ1) is 9.58. The minimum Gasteiger partial charge on any atom is -0.481 e. The van der Waals surface area contributed by atoms with Crippen molar-refractivity contribution in [2.24, 2.45) is 5.41 Å². The van der Waals surface area contributed by atoms with E-state index in [1.165, 1.54) is 0 Å². The highest BCUT2D eigenvalue weighted by Crippen LogP contribution is 2.30. The molecule has 1 saturated heterocycles. The van der Waals surface area contributed by atoms with Crippen LogP contribution in [0.25, 0.3) is 0 Å². The molecule has 0 radical (unpaired) electrons. The van der Waals surface area contributed by atoms with E-state index in [4.69, 9.17) is 0 Å². The molecule has 0 atom stereocenters. The van der Waals surface area contributed by atoms with Gasteiger partial charge in [-0.1, -0.05) is 6.42 Å². The second-order valence-corrected chi connectivity index (χ2v) is 6.73. The molecule has 0 saturated carbocycles. The molecule has 21 heavy (non-hydrogen) atoms. The summed E-state index contributed by atoms with van der Waals surface area (Å²) >= 11 is 0. The summed E-state index contributed by atoms with van der Waals surface area (Å²) in [6.07, 6.45) is 3.26. The molecule has 2 N–H and O–H groups in total. The fourth-order valence-corrected chi connectivity index (χ4v) is 2.19. The van der Waals surface area contributed by atoms with Crippen LogP contribution in [0.15, 0.2) is 0 Å². The number of carboxylic acid groups (broad SMARTS) is 1. The van der Waals surface area contributed by atoms with E-state index in [1.807, 2.05) is 0 Å². The number of hydrogen-bond acceptors (Lipinski definition) is 3. The topological polar surface area (TPSA) is 86.7 Å². The third-order valence-corrected chi connectivity index (χ3v) is 4.55. The summed E-state index contributed by atoms with van der Waals surface area (Å²) in [7, 11) is 0. The van der Waals surface area contributed by atoms with Crippen LogP contribution in [0.4, 0.5) is 0 Å². The number of aliphatic carboxylic acids is 1. The molecule has 0 aliphatic carbocycles. The van der Waals surface area contributed by atoms with E-state index in [-0.39, 0.29) is 18.4 Å². The van der Waals surface area contributed by atoms with Crippen molar-refractivity contribution in [2.45, 2.75) is 58.9 Å². The third kappa shape index (κ3) is 4.19. The first-order valence-electron chi connectivity index (χ1n) is 7.40. The Balaban J connectivity index is 2.68. The molecule has 1 heterocycles. The van der Waals surface area contributed by atoms with Crippen molar-refractivity contribution in [1.82, 2.24) is 10.2 Å². The zero-order valence-electron chi connectivity index (χ0n) is 13.4. The molecule has 0 spiro atoms. The van der Waals surface area contributed by atoms with Crippen LogP contribution in [0, 0.1) is 5.41 Å². The molecule has 0 aromatic rings. The first kappa shape index (κ1) is 17.5. The van der Waals surface area contributed by atoms with Gasteiger partial charge in [0.25, 0.3) is 0 Å².